The van der Waals surface area contributed by atoms with Crippen LogP contribution in [0.15, 0.2) is 72.8 Å². The molecule has 4 heteroatoms. The van der Waals surface area contributed by atoms with E-state index in [1.807, 2.05) is 48.5 Å². The van der Waals surface area contributed by atoms with Crippen LogP contribution in [0.1, 0.15) is 11.1 Å². The summed E-state index contributed by atoms with van der Waals surface area (Å²) in [4.78, 5) is 26.6. The summed E-state index contributed by atoms with van der Waals surface area (Å²) in [6, 6.07) is 23.6. The number of carbonyl (C=O) groups excluding carboxylic acids is 2. The molecule has 0 unspecified atom stereocenters. The molecule has 1 fully saturated rings. The van der Waals surface area contributed by atoms with Gasteiger partial charge in [0.1, 0.15) is 6.04 Å². The first-order valence-corrected chi connectivity index (χ1v) is 8.79. The van der Waals surface area contributed by atoms with E-state index >= 15 is 0 Å². The monoisotopic (exact) mass is 344 g/mol. The third-order valence-electron chi connectivity index (χ3n) is 4.75. The van der Waals surface area contributed by atoms with E-state index in [4.69, 9.17) is 0 Å². The normalized spacial score (nSPS) is 17.4. The van der Waals surface area contributed by atoms with Crippen LogP contribution in [0.2, 0.25) is 0 Å². The van der Waals surface area contributed by atoms with Gasteiger partial charge in [-0.15, -0.1) is 0 Å². The third-order valence-corrected chi connectivity index (χ3v) is 4.75. The topological polar surface area (TPSA) is 49.4 Å². The van der Waals surface area contributed by atoms with Crippen molar-refractivity contribution in [1.29, 1.82) is 0 Å². The molecule has 0 aliphatic carbocycles. The van der Waals surface area contributed by atoms with Gasteiger partial charge in [0.15, 0.2) is 0 Å². The van der Waals surface area contributed by atoms with Crippen molar-refractivity contribution in [2.75, 3.05) is 6.54 Å². The molecule has 1 aliphatic rings. The summed E-state index contributed by atoms with van der Waals surface area (Å²) >= 11 is 0. The zero-order chi connectivity index (χ0) is 17.9. The Kier molecular flexibility index (Phi) is 4.40. The molecule has 4 rings (SSSR count). The summed E-state index contributed by atoms with van der Waals surface area (Å²) in [5, 5.41) is 5.16. The maximum atomic E-state index is 12.9. The van der Waals surface area contributed by atoms with E-state index < -0.39 is 6.04 Å². The van der Waals surface area contributed by atoms with Crippen LogP contribution in [0, 0.1) is 0 Å². The van der Waals surface area contributed by atoms with Gasteiger partial charge < -0.3 is 10.2 Å². The minimum absolute atomic E-state index is 0.0263. The molecule has 1 aliphatic heterocycles. The molecule has 1 atom stereocenters. The van der Waals surface area contributed by atoms with Crippen molar-refractivity contribution in [3.63, 3.8) is 0 Å². The van der Waals surface area contributed by atoms with Gasteiger partial charge in [-0.05, 0) is 21.9 Å². The average Bonchev–Trinajstić information content (AvgIpc) is 2.66. The molecule has 130 valence electrons. The molecule has 4 nitrogen and oxygen atoms in total. The Morgan fingerprint density at radius 3 is 2.38 bits per heavy atom. The summed E-state index contributed by atoms with van der Waals surface area (Å²) < 4.78 is 0. The molecule has 0 aromatic heterocycles. The van der Waals surface area contributed by atoms with E-state index in [1.54, 1.807) is 4.90 Å². The van der Waals surface area contributed by atoms with E-state index in [-0.39, 0.29) is 18.4 Å². The number of nitrogens with one attached hydrogen (secondary N) is 1. The smallest absolute Gasteiger partial charge is 0.246 e. The van der Waals surface area contributed by atoms with Crippen molar-refractivity contribution >= 4 is 22.6 Å². The number of hydrogen-bond acceptors (Lipinski definition) is 2. The Bertz CT molecular complexity index is 953. The van der Waals surface area contributed by atoms with Crippen molar-refractivity contribution in [2.45, 2.75) is 19.0 Å². The van der Waals surface area contributed by atoms with Crippen molar-refractivity contribution in [2.24, 2.45) is 0 Å². The summed E-state index contributed by atoms with van der Waals surface area (Å²) in [5.41, 5.74) is 2.07. The Labute approximate surface area is 152 Å². The highest BCUT2D eigenvalue weighted by Crippen LogP contribution is 2.18. The predicted octanol–water partition coefficient (Wildman–Crippen LogP) is 2.91. The quantitative estimate of drug-likeness (QED) is 0.791. The van der Waals surface area contributed by atoms with Crippen molar-refractivity contribution in [3.05, 3.63) is 83.9 Å². The first kappa shape index (κ1) is 16.3. The molecule has 3 aromatic carbocycles. The molecule has 1 saturated heterocycles. The van der Waals surface area contributed by atoms with Gasteiger partial charge in [-0.25, -0.2) is 0 Å². The zero-order valence-electron chi connectivity index (χ0n) is 14.4. The van der Waals surface area contributed by atoms with E-state index in [0.717, 1.165) is 16.5 Å². The maximum Gasteiger partial charge on any atom is 0.246 e. The number of rotatable bonds is 4. The van der Waals surface area contributed by atoms with Gasteiger partial charge in [0.05, 0.1) is 6.54 Å². The lowest BCUT2D eigenvalue weighted by Crippen LogP contribution is -2.58. The average molecular weight is 344 g/mol. The Hall–Kier alpha value is -3.14. The lowest BCUT2D eigenvalue weighted by Gasteiger charge is -2.32. The summed E-state index contributed by atoms with van der Waals surface area (Å²) in [6.07, 6.45) is 0.501. The highest BCUT2D eigenvalue weighted by atomic mass is 16.2. The van der Waals surface area contributed by atoms with Gasteiger partial charge in [0, 0.05) is 13.0 Å². The number of benzene rings is 3. The summed E-state index contributed by atoms with van der Waals surface area (Å²) in [6.45, 7) is 0.573. The summed E-state index contributed by atoms with van der Waals surface area (Å²) in [7, 11) is 0. The van der Waals surface area contributed by atoms with Crippen LogP contribution in [-0.2, 0) is 22.6 Å². The number of piperazine rings is 1. The first-order chi connectivity index (χ1) is 12.7. The fraction of sp³-hybridized carbons (Fsp3) is 0.182. The first-order valence-electron chi connectivity index (χ1n) is 8.79. The molecular formula is C22H20N2O2. The number of amides is 2. The van der Waals surface area contributed by atoms with Crippen LogP contribution in [-0.4, -0.2) is 29.3 Å². The second kappa shape index (κ2) is 7.00. The van der Waals surface area contributed by atoms with Crippen molar-refractivity contribution < 1.29 is 9.59 Å². The second-order valence-corrected chi connectivity index (χ2v) is 6.69. The van der Waals surface area contributed by atoms with E-state index in [0.29, 0.717) is 13.0 Å². The molecule has 0 radical (unpaired) electrons. The van der Waals surface area contributed by atoms with Crippen LogP contribution in [0.25, 0.3) is 10.8 Å². The second-order valence-electron chi connectivity index (χ2n) is 6.69. The van der Waals surface area contributed by atoms with Gasteiger partial charge in [-0.1, -0.05) is 72.8 Å². The van der Waals surface area contributed by atoms with Gasteiger partial charge in [0.25, 0.3) is 0 Å². The Morgan fingerprint density at radius 2 is 1.58 bits per heavy atom. The van der Waals surface area contributed by atoms with Gasteiger partial charge in [-0.2, -0.15) is 0 Å². The zero-order valence-corrected chi connectivity index (χ0v) is 14.4. The Balaban J connectivity index is 1.53. The van der Waals surface area contributed by atoms with Gasteiger partial charge >= 0.3 is 0 Å². The summed E-state index contributed by atoms with van der Waals surface area (Å²) in [5.74, 6) is -0.132. The largest absolute Gasteiger partial charge is 0.342 e. The maximum absolute atomic E-state index is 12.9. The number of hydrogen-bond donors (Lipinski definition) is 1. The highest BCUT2D eigenvalue weighted by molar-refractivity contribution is 5.95. The molecule has 0 bridgehead atoms. The fourth-order valence-corrected chi connectivity index (χ4v) is 3.45. The van der Waals surface area contributed by atoms with Crippen LogP contribution < -0.4 is 5.32 Å². The van der Waals surface area contributed by atoms with Crippen LogP contribution >= 0.6 is 0 Å². The number of nitrogens with zero attached hydrogens (tertiary/aromatic N) is 1. The molecule has 0 spiro atoms. The molecule has 26 heavy (non-hydrogen) atoms. The lowest BCUT2D eigenvalue weighted by molar-refractivity contribution is -0.144. The van der Waals surface area contributed by atoms with Gasteiger partial charge in [0.2, 0.25) is 11.8 Å². The van der Waals surface area contributed by atoms with Crippen molar-refractivity contribution in [1.82, 2.24) is 10.2 Å². The molecule has 3 aromatic rings. The minimum Gasteiger partial charge on any atom is -0.342 e. The number of fused-ring (bicyclic) bond motifs is 1. The van der Waals surface area contributed by atoms with E-state index in [2.05, 4.69) is 29.6 Å². The van der Waals surface area contributed by atoms with E-state index in [1.165, 1.54) is 5.39 Å². The van der Waals surface area contributed by atoms with Crippen LogP contribution in [0.5, 0.6) is 0 Å². The molecule has 2 amide bonds. The van der Waals surface area contributed by atoms with E-state index in [9.17, 15) is 9.59 Å². The van der Waals surface area contributed by atoms with Crippen LogP contribution in [0.3, 0.4) is 0 Å². The fourth-order valence-electron chi connectivity index (χ4n) is 3.45. The molecule has 0 saturated carbocycles. The van der Waals surface area contributed by atoms with Gasteiger partial charge in [-0.3, -0.25) is 9.59 Å². The molecule has 1 N–H and O–H groups in total. The lowest BCUT2D eigenvalue weighted by atomic mass is 9.99. The third kappa shape index (κ3) is 3.45. The SMILES string of the molecule is O=C1CN(Cc2ccccc2)C(=O)[C@H](Cc2ccc3ccccc3c2)N1. The predicted molar refractivity (Wildman–Crippen MR) is 101 cm³/mol. The Morgan fingerprint density at radius 1 is 0.846 bits per heavy atom. The molecular weight excluding hydrogens is 324 g/mol. The standard InChI is InChI=1S/C22H20N2O2/c25-21-15-24(14-16-6-2-1-3-7-16)22(26)20(23-21)13-17-10-11-18-8-4-5-9-19(18)12-17/h1-12,20H,13-15H2,(H,23,25)/t20-/m0/s1. The minimum atomic E-state index is -0.513. The van der Waals surface area contributed by atoms with Crippen LogP contribution in [0.4, 0.5) is 0 Å². The molecule has 1 heterocycles. The number of carbonyl (C=O) groups is 2. The van der Waals surface area contributed by atoms with Crippen molar-refractivity contribution in [3.8, 4) is 0 Å². The highest BCUT2D eigenvalue weighted by Gasteiger charge is 2.32.